The molecule has 0 N–H and O–H groups in total. The fourth-order valence-electron chi connectivity index (χ4n) is 2.68. The molecule has 14 heavy (non-hydrogen) atoms. The Balaban J connectivity index is 1.82. The van der Waals surface area contributed by atoms with Crippen molar-refractivity contribution in [1.29, 1.82) is 0 Å². The third-order valence-corrected chi connectivity index (χ3v) is 3.97. The molecule has 1 aliphatic heterocycles. The minimum atomic E-state index is -0.304. The summed E-state index contributed by atoms with van der Waals surface area (Å²) in [6.45, 7) is 2.00. The Bertz CT molecular complexity index is 180. The van der Waals surface area contributed by atoms with Crippen LogP contribution in [-0.4, -0.2) is 35.5 Å². The Morgan fingerprint density at radius 2 is 1.79 bits per heavy atom. The molecular weight excluding hydrogens is 198 g/mol. The summed E-state index contributed by atoms with van der Waals surface area (Å²) in [5.74, 6) is 0. The van der Waals surface area contributed by atoms with E-state index in [2.05, 4.69) is 4.90 Å². The maximum absolute atomic E-state index is 11.2. The van der Waals surface area contributed by atoms with Crippen LogP contribution in [-0.2, 0) is 5.11 Å². The van der Waals surface area contributed by atoms with Gasteiger partial charge in [0.15, 0.2) is 0 Å². The maximum atomic E-state index is 11.2. The molecular formula is C11H19ClNO. The Labute approximate surface area is 91.2 Å². The molecule has 0 spiro atoms. The maximum Gasteiger partial charge on any atom is 0.0954 e. The van der Waals surface area contributed by atoms with E-state index in [-0.39, 0.29) is 6.10 Å². The van der Waals surface area contributed by atoms with Gasteiger partial charge in [0.1, 0.15) is 0 Å². The van der Waals surface area contributed by atoms with Gasteiger partial charge in [0, 0.05) is 24.5 Å². The molecule has 1 radical (unpaired) electrons. The number of nitrogens with zero attached hydrogens (tertiary/aromatic N) is 1. The van der Waals surface area contributed by atoms with E-state index in [1.165, 1.54) is 19.3 Å². The summed E-state index contributed by atoms with van der Waals surface area (Å²) in [7, 11) is 0. The van der Waals surface area contributed by atoms with Gasteiger partial charge in [-0.05, 0) is 32.1 Å². The number of piperidine rings is 1. The minimum Gasteiger partial charge on any atom is -0.300 e. The number of halogens is 1. The number of hydrogen-bond donors (Lipinski definition) is 0. The standard InChI is InChI=1S/C11H19ClNO/c12-9-2-1-3-10(8-9)13-6-4-11(14)5-7-13/h9-11H,1-8H2. The summed E-state index contributed by atoms with van der Waals surface area (Å²) >= 11 is 6.17. The van der Waals surface area contributed by atoms with Crippen molar-refractivity contribution in [3.05, 3.63) is 0 Å². The summed E-state index contributed by atoms with van der Waals surface area (Å²) in [5, 5.41) is 11.6. The Kier molecular flexibility index (Phi) is 3.69. The summed E-state index contributed by atoms with van der Waals surface area (Å²) in [4.78, 5) is 2.49. The normalized spacial score (nSPS) is 37.3. The molecule has 0 aromatic heterocycles. The molecule has 2 atom stereocenters. The zero-order valence-electron chi connectivity index (χ0n) is 8.62. The van der Waals surface area contributed by atoms with Crippen molar-refractivity contribution in [2.24, 2.45) is 0 Å². The van der Waals surface area contributed by atoms with Gasteiger partial charge in [0.05, 0.1) is 6.10 Å². The molecule has 1 heterocycles. The monoisotopic (exact) mass is 216 g/mol. The molecule has 1 saturated heterocycles. The van der Waals surface area contributed by atoms with Crippen molar-refractivity contribution in [2.75, 3.05) is 13.1 Å². The van der Waals surface area contributed by atoms with Crippen LogP contribution in [0.5, 0.6) is 0 Å². The summed E-state index contributed by atoms with van der Waals surface area (Å²) in [5.41, 5.74) is 0. The molecule has 2 fully saturated rings. The van der Waals surface area contributed by atoms with Gasteiger partial charge < -0.3 is 4.90 Å². The van der Waals surface area contributed by atoms with E-state index in [1.54, 1.807) is 0 Å². The molecule has 81 valence electrons. The van der Waals surface area contributed by atoms with E-state index in [1.807, 2.05) is 0 Å². The largest absolute Gasteiger partial charge is 0.300 e. The van der Waals surface area contributed by atoms with Crippen LogP contribution in [0.25, 0.3) is 0 Å². The van der Waals surface area contributed by atoms with Crippen molar-refractivity contribution in [2.45, 2.75) is 56.0 Å². The molecule has 2 nitrogen and oxygen atoms in total. The Hall–Kier alpha value is 0.210. The van der Waals surface area contributed by atoms with Gasteiger partial charge in [-0.25, -0.2) is 5.11 Å². The molecule has 2 unspecified atom stereocenters. The van der Waals surface area contributed by atoms with Gasteiger partial charge in [-0.3, -0.25) is 0 Å². The first kappa shape index (κ1) is 10.7. The zero-order chi connectivity index (χ0) is 9.97. The van der Waals surface area contributed by atoms with E-state index in [0.29, 0.717) is 11.4 Å². The number of hydrogen-bond acceptors (Lipinski definition) is 1. The number of alkyl halides is 1. The third kappa shape index (κ3) is 2.62. The average molecular weight is 217 g/mol. The van der Waals surface area contributed by atoms with Gasteiger partial charge in [0.2, 0.25) is 0 Å². The highest BCUT2D eigenvalue weighted by Crippen LogP contribution is 2.28. The van der Waals surface area contributed by atoms with Crippen LogP contribution in [0.2, 0.25) is 0 Å². The highest BCUT2D eigenvalue weighted by molar-refractivity contribution is 6.20. The lowest BCUT2D eigenvalue weighted by Gasteiger charge is -2.38. The van der Waals surface area contributed by atoms with Gasteiger partial charge in [-0.15, -0.1) is 11.6 Å². The van der Waals surface area contributed by atoms with Gasteiger partial charge in [-0.2, -0.15) is 0 Å². The van der Waals surface area contributed by atoms with Crippen LogP contribution < -0.4 is 0 Å². The van der Waals surface area contributed by atoms with Gasteiger partial charge >= 0.3 is 0 Å². The molecule has 1 saturated carbocycles. The molecule has 3 heteroatoms. The molecule has 0 aromatic rings. The first-order valence-electron chi connectivity index (χ1n) is 5.79. The fraction of sp³-hybridized carbons (Fsp3) is 1.00. The third-order valence-electron chi connectivity index (χ3n) is 3.58. The van der Waals surface area contributed by atoms with Gasteiger partial charge in [0.25, 0.3) is 0 Å². The molecule has 0 amide bonds. The van der Waals surface area contributed by atoms with Crippen molar-refractivity contribution in [3.8, 4) is 0 Å². The lowest BCUT2D eigenvalue weighted by molar-refractivity contribution is 0.00986. The lowest BCUT2D eigenvalue weighted by Crippen LogP contribution is -2.44. The average Bonchev–Trinajstić information content (AvgIpc) is 2.19. The fourth-order valence-corrected chi connectivity index (χ4v) is 3.04. The van der Waals surface area contributed by atoms with Crippen LogP contribution in [0.3, 0.4) is 0 Å². The van der Waals surface area contributed by atoms with Crippen LogP contribution >= 0.6 is 11.6 Å². The summed E-state index contributed by atoms with van der Waals surface area (Å²) in [6.07, 6.45) is 6.22. The second-order valence-electron chi connectivity index (χ2n) is 4.65. The molecule has 1 aliphatic carbocycles. The summed E-state index contributed by atoms with van der Waals surface area (Å²) < 4.78 is 0. The van der Waals surface area contributed by atoms with Crippen molar-refractivity contribution in [1.82, 2.24) is 4.90 Å². The lowest BCUT2D eigenvalue weighted by atomic mass is 9.92. The SMILES string of the molecule is [O]C1CCN(C2CCCC(Cl)C2)CC1. The van der Waals surface area contributed by atoms with Gasteiger partial charge in [-0.1, -0.05) is 6.42 Å². The van der Waals surface area contributed by atoms with E-state index >= 15 is 0 Å². The Morgan fingerprint density at radius 1 is 1.07 bits per heavy atom. The van der Waals surface area contributed by atoms with E-state index in [0.717, 1.165) is 32.4 Å². The predicted molar refractivity (Wildman–Crippen MR) is 57.2 cm³/mol. The summed E-state index contributed by atoms with van der Waals surface area (Å²) in [6, 6.07) is 0.666. The highest BCUT2D eigenvalue weighted by atomic mass is 35.5. The molecule has 0 aromatic carbocycles. The van der Waals surface area contributed by atoms with Crippen LogP contribution in [0, 0.1) is 0 Å². The Morgan fingerprint density at radius 3 is 2.43 bits per heavy atom. The highest BCUT2D eigenvalue weighted by Gasteiger charge is 2.28. The second kappa shape index (κ2) is 4.82. The molecule has 2 aliphatic rings. The van der Waals surface area contributed by atoms with Crippen molar-refractivity contribution >= 4 is 11.6 Å². The van der Waals surface area contributed by atoms with Crippen LogP contribution in [0.1, 0.15) is 38.5 Å². The smallest absolute Gasteiger partial charge is 0.0954 e. The quantitative estimate of drug-likeness (QED) is 0.618. The first-order chi connectivity index (χ1) is 6.75. The molecule has 2 rings (SSSR count). The zero-order valence-corrected chi connectivity index (χ0v) is 9.38. The van der Waals surface area contributed by atoms with Crippen molar-refractivity contribution < 1.29 is 5.11 Å². The topological polar surface area (TPSA) is 23.1 Å². The first-order valence-corrected chi connectivity index (χ1v) is 6.23. The van der Waals surface area contributed by atoms with E-state index in [4.69, 9.17) is 11.6 Å². The van der Waals surface area contributed by atoms with Crippen LogP contribution in [0.15, 0.2) is 0 Å². The second-order valence-corrected chi connectivity index (χ2v) is 5.27. The van der Waals surface area contributed by atoms with Crippen molar-refractivity contribution in [3.63, 3.8) is 0 Å². The molecule has 0 bridgehead atoms. The van der Waals surface area contributed by atoms with E-state index in [9.17, 15) is 5.11 Å². The minimum absolute atomic E-state index is 0.304. The predicted octanol–water partition coefficient (Wildman–Crippen LogP) is 2.43. The number of likely N-dealkylation sites (tertiary alicyclic amines) is 1. The van der Waals surface area contributed by atoms with Crippen LogP contribution in [0.4, 0.5) is 0 Å². The van der Waals surface area contributed by atoms with E-state index < -0.39 is 0 Å². The number of rotatable bonds is 1.